The molecule has 1 rings (SSSR count). The molecule has 1 aromatic carbocycles. The summed E-state index contributed by atoms with van der Waals surface area (Å²) in [4.78, 5) is 9.97. The second-order valence-electron chi connectivity index (χ2n) is 4.25. The highest BCUT2D eigenvalue weighted by Gasteiger charge is 2.26. The first-order valence-electron chi connectivity index (χ1n) is 5.82. The molecule has 2 N–H and O–H groups in total. The molecule has 0 saturated heterocycles. The zero-order valence-corrected chi connectivity index (χ0v) is 11.8. The van der Waals surface area contributed by atoms with Crippen molar-refractivity contribution >= 4 is 21.4 Å². The van der Waals surface area contributed by atoms with Crippen LogP contribution in [-0.2, 0) is 10.0 Å². The highest BCUT2D eigenvalue weighted by atomic mass is 32.2. The van der Waals surface area contributed by atoms with E-state index in [0.717, 1.165) is 0 Å². The van der Waals surface area contributed by atoms with Gasteiger partial charge in [0.2, 0.25) is 10.0 Å². The lowest BCUT2D eigenvalue weighted by Gasteiger charge is -2.11. The molecule has 0 atom stereocenters. The van der Waals surface area contributed by atoms with E-state index in [0.29, 0.717) is 12.2 Å². The van der Waals surface area contributed by atoms with E-state index in [2.05, 4.69) is 10.0 Å². The molecule has 0 aliphatic carbocycles. The van der Waals surface area contributed by atoms with Gasteiger partial charge in [0, 0.05) is 24.3 Å². The van der Waals surface area contributed by atoms with Crippen molar-refractivity contribution in [3.05, 3.63) is 28.3 Å². The molecule has 1 aromatic rings. The largest absolute Gasteiger partial charge is 0.385 e. The highest BCUT2D eigenvalue weighted by Crippen LogP contribution is 2.27. The lowest BCUT2D eigenvalue weighted by Crippen LogP contribution is -2.30. The molecular weight excluding hydrogens is 270 g/mol. The van der Waals surface area contributed by atoms with Crippen LogP contribution < -0.4 is 10.0 Å². The van der Waals surface area contributed by atoms with Crippen LogP contribution in [0.3, 0.4) is 0 Å². The van der Waals surface area contributed by atoms with Gasteiger partial charge in [0.05, 0.1) is 4.92 Å². The van der Waals surface area contributed by atoms with Crippen molar-refractivity contribution in [1.82, 2.24) is 4.72 Å². The third kappa shape index (κ3) is 3.90. The summed E-state index contributed by atoms with van der Waals surface area (Å²) < 4.78 is 26.3. The molecule has 0 heterocycles. The molecule has 0 aromatic heterocycles. The molecule has 0 bridgehead atoms. The standard InChI is InChI=1S/C11H17N3O4S/c1-4-12-9-5-6-11(10(7-9)14(15)16)19(17,18)13-8(2)3/h5-8,12-13H,4H2,1-3H3. The minimum Gasteiger partial charge on any atom is -0.385 e. The van der Waals surface area contributed by atoms with Gasteiger partial charge in [0.15, 0.2) is 4.90 Å². The van der Waals surface area contributed by atoms with Gasteiger partial charge in [0.25, 0.3) is 5.69 Å². The van der Waals surface area contributed by atoms with E-state index in [4.69, 9.17) is 0 Å². The zero-order valence-electron chi connectivity index (χ0n) is 11.0. The van der Waals surface area contributed by atoms with Crippen LogP contribution in [0, 0.1) is 10.1 Å². The predicted octanol–water partition coefficient (Wildman–Crippen LogP) is 1.71. The Labute approximate surface area is 112 Å². The van der Waals surface area contributed by atoms with Gasteiger partial charge in [-0.3, -0.25) is 10.1 Å². The van der Waals surface area contributed by atoms with Crippen LogP contribution in [0.5, 0.6) is 0 Å². The lowest BCUT2D eigenvalue weighted by molar-refractivity contribution is -0.387. The maximum Gasteiger partial charge on any atom is 0.291 e. The van der Waals surface area contributed by atoms with Gasteiger partial charge in [0.1, 0.15) is 0 Å². The predicted molar refractivity (Wildman–Crippen MR) is 72.7 cm³/mol. The smallest absolute Gasteiger partial charge is 0.291 e. The minimum atomic E-state index is -3.89. The molecule has 7 nitrogen and oxygen atoms in total. The fourth-order valence-electron chi connectivity index (χ4n) is 1.58. The zero-order chi connectivity index (χ0) is 14.6. The number of benzene rings is 1. The van der Waals surface area contributed by atoms with Gasteiger partial charge in [-0.2, -0.15) is 0 Å². The van der Waals surface area contributed by atoms with Crippen LogP contribution in [0.25, 0.3) is 0 Å². The summed E-state index contributed by atoms with van der Waals surface area (Å²) in [5.41, 5.74) is 0.0734. The number of nitrogens with one attached hydrogen (secondary N) is 2. The normalized spacial score (nSPS) is 11.6. The van der Waals surface area contributed by atoms with E-state index in [1.807, 2.05) is 6.92 Å². The Morgan fingerprint density at radius 2 is 2.00 bits per heavy atom. The molecule has 0 radical (unpaired) electrons. The number of nitro benzene ring substituents is 1. The molecule has 0 spiro atoms. The van der Waals surface area contributed by atoms with Crippen molar-refractivity contribution < 1.29 is 13.3 Å². The Kier molecular flexibility index (Phi) is 4.84. The average Bonchev–Trinajstić information content (AvgIpc) is 2.27. The number of nitrogens with zero attached hydrogens (tertiary/aromatic N) is 1. The van der Waals surface area contributed by atoms with Gasteiger partial charge in [-0.1, -0.05) is 0 Å². The third-order valence-electron chi connectivity index (χ3n) is 2.22. The van der Waals surface area contributed by atoms with E-state index in [-0.39, 0.29) is 10.9 Å². The van der Waals surface area contributed by atoms with Crippen molar-refractivity contribution in [2.45, 2.75) is 31.7 Å². The van der Waals surface area contributed by atoms with Crippen LogP contribution in [-0.4, -0.2) is 25.9 Å². The molecule has 0 saturated carbocycles. The monoisotopic (exact) mass is 287 g/mol. The Hall–Kier alpha value is -1.67. The van der Waals surface area contributed by atoms with Gasteiger partial charge in [-0.15, -0.1) is 0 Å². The summed E-state index contributed by atoms with van der Waals surface area (Å²) >= 11 is 0. The molecule has 8 heteroatoms. The molecule has 0 fully saturated rings. The van der Waals surface area contributed by atoms with Crippen molar-refractivity contribution in [2.24, 2.45) is 0 Å². The second kappa shape index (κ2) is 5.98. The Balaban J connectivity index is 3.31. The molecule has 0 amide bonds. The SMILES string of the molecule is CCNc1ccc(S(=O)(=O)NC(C)C)c([N+](=O)[O-])c1. The van der Waals surface area contributed by atoms with Crippen LogP contribution in [0.4, 0.5) is 11.4 Å². The number of anilines is 1. The summed E-state index contributed by atoms with van der Waals surface area (Å²) in [6.45, 7) is 5.73. The van der Waals surface area contributed by atoms with Crippen LogP contribution in [0.2, 0.25) is 0 Å². The van der Waals surface area contributed by atoms with Crippen LogP contribution >= 0.6 is 0 Å². The van der Waals surface area contributed by atoms with E-state index in [1.165, 1.54) is 18.2 Å². The average molecular weight is 287 g/mol. The molecule has 106 valence electrons. The van der Waals surface area contributed by atoms with Crippen molar-refractivity contribution in [1.29, 1.82) is 0 Å². The summed E-state index contributed by atoms with van der Waals surface area (Å²) in [6.07, 6.45) is 0. The number of nitro groups is 1. The third-order valence-corrected chi connectivity index (χ3v) is 3.92. The fourth-order valence-corrected chi connectivity index (χ4v) is 2.98. The number of rotatable bonds is 6. The maximum atomic E-state index is 12.0. The molecule has 19 heavy (non-hydrogen) atoms. The summed E-state index contributed by atoms with van der Waals surface area (Å²) in [5.74, 6) is 0. The van der Waals surface area contributed by atoms with Gasteiger partial charge >= 0.3 is 0 Å². The van der Waals surface area contributed by atoms with Gasteiger partial charge in [-0.05, 0) is 32.9 Å². The summed E-state index contributed by atoms with van der Waals surface area (Å²) in [7, 11) is -3.89. The maximum absolute atomic E-state index is 12.0. The Morgan fingerprint density at radius 3 is 2.47 bits per heavy atom. The Morgan fingerprint density at radius 1 is 1.37 bits per heavy atom. The van der Waals surface area contributed by atoms with Gasteiger partial charge < -0.3 is 5.32 Å². The van der Waals surface area contributed by atoms with E-state index < -0.39 is 20.6 Å². The van der Waals surface area contributed by atoms with E-state index >= 15 is 0 Å². The first-order valence-corrected chi connectivity index (χ1v) is 7.31. The van der Waals surface area contributed by atoms with Gasteiger partial charge in [-0.25, -0.2) is 13.1 Å². The number of hydrogen-bond donors (Lipinski definition) is 2. The first-order chi connectivity index (χ1) is 8.77. The molecule has 0 unspecified atom stereocenters. The highest BCUT2D eigenvalue weighted by molar-refractivity contribution is 7.89. The van der Waals surface area contributed by atoms with Crippen molar-refractivity contribution in [2.75, 3.05) is 11.9 Å². The number of hydrogen-bond acceptors (Lipinski definition) is 5. The summed E-state index contributed by atoms with van der Waals surface area (Å²) in [5, 5.41) is 13.9. The quantitative estimate of drug-likeness (QED) is 0.612. The minimum absolute atomic E-state index is 0.326. The number of sulfonamides is 1. The molecular formula is C11H17N3O4S. The second-order valence-corrected chi connectivity index (χ2v) is 5.93. The van der Waals surface area contributed by atoms with E-state index in [1.54, 1.807) is 13.8 Å². The van der Waals surface area contributed by atoms with Crippen LogP contribution in [0.15, 0.2) is 23.1 Å². The summed E-state index contributed by atoms with van der Waals surface area (Å²) in [6, 6.07) is 3.63. The van der Waals surface area contributed by atoms with E-state index in [9.17, 15) is 18.5 Å². The van der Waals surface area contributed by atoms with Crippen molar-refractivity contribution in [3.63, 3.8) is 0 Å². The topological polar surface area (TPSA) is 101 Å². The van der Waals surface area contributed by atoms with Crippen LogP contribution in [0.1, 0.15) is 20.8 Å². The lowest BCUT2D eigenvalue weighted by atomic mass is 10.3. The first kappa shape index (κ1) is 15.4. The van der Waals surface area contributed by atoms with Crippen molar-refractivity contribution in [3.8, 4) is 0 Å². The molecule has 0 aliphatic rings. The Bertz CT molecular complexity index is 569. The molecule has 0 aliphatic heterocycles. The fraction of sp³-hybridized carbons (Fsp3) is 0.455.